The number of rotatable bonds is 1. The van der Waals surface area contributed by atoms with E-state index in [0.29, 0.717) is 10.3 Å². The van der Waals surface area contributed by atoms with E-state index in [9.17, 15) is 4.79 Å². The molecule has 0 unspecified atom stereocenters. The van der Waals surface area contributed by atoms with Gasteiger partial charge in [-0.05, 0) is 37.3 Å². The molecule has 0 bridgehead atoms. The van der Waals surface area contributed by atoms with Crippen molar-refractivity contribution in [2.24, 2.45) is 0 Å². The Bertz CT molecular complexity index is 524. The first-order valence-corrected chi connectivity index (χ1v) is 4.30. The Hall–Kier alpha value is -1.42. The minimum absolute atomic E-state index is 0.0578. The molecule has 0 aliphatic heterocycles. The lowest BCUT2D eigenvalue weighted by Crippen LogP contribution is -1.90. The zero-order valence-corrected chi connectivity index (χ0v) is 7.87. The summed E-state index contributed by atoms with van der Waals surface area (Å²) in [5.41, 5.74) is 2.49. The van der Waals surface area contributed by atoms with Gasteiger partial charge in [-0.2, -0.15) is 0 Å². The number of carbonyl (C=O) groups excluding carboxylic acids is 1. The van der Waals surface area contributed by atoms with Crippen molar-refractivity contribution in [2.75, 3.05) is 0 Å². The van der Waals surface area contributed by atoms with Crippen molar-refractivity contribution in [3.63, 3.8) is 0 Å². The summed E-state index contributed by atoms with van der Waals surface area (Å²) in [5.74, 6) is 0.0578. The molecule has 0 saturated heterocycles. The molecule has 13 heavy (non-hydrogen) atoms. The van der Waals surface area contributed by atoms with Crippen molar-refractivity contribution in [1.29, 1.82) is 0 Å². The number of ketones is 1. The number of hydrogen-bond acceptors (Lipinski definition) is 2. The molecule has 1 heterocycles. The number of aromatic amines is 2. The lowest BCUT2D eigenvalue weighted by molar-refractivity contribution is 0.101. The van der Waals surface area contributed by atoms with Gasteiger partial charge in [-0.15, -0.1) is 0 Å². The molecule has 0 atom stereocenters. The largest absolute Gasteiger partial charge is 0.331 e. The fourth-order valence-electron chi connectivity index (χ4n) is 1.25. The zero-order valence-electron chi connectivity index (χ0n) is 7.05. The molecule has 0 aliphatic rings. The molecule has 2 aromatic rings. The summed E-state index contributed by atoms with van der Waals surface area (Å²) in [7, 11) is 0. The number of imidazole rings is 1. The number of hydrogen-bond donors (Lipinski definition) is 2. The number of Topliss-reactive ketones (excluding diaryl/α,β-unsaturated/α-hetero) is 1. The molecule has 2 N–H and O–H groups in total. The predicted molar refractivity (Wildman–Crippen MR) is 53.5 cm³/mol. The molecular weight excluding hydrogens is 184 g/mol. The van der Waals surface area contributed by atoms with Crippen LogP contribution in [-0.2, 0) is 0 Å². The standard InChI is InChI=1S/C9H8N2OS/c1-5(12)6-2-3-7-8(4-6)11-9(13)10-7/h2-4H,1H3,(H2,10,11,13). The molecule has 0 radical (unpaired) electrons. The van der Waals surface area contributed by atoms with Crippen LogP contribution < -0.4 is 0 Å². The van der Waals surface area contributed by atoms with Gasteiger partial charge < -0.3 is 9.97 Å². The van der Waals surface area contributed by atoms with Gasteiger partial charge in [0.15, 0.2) is 10.6 Å². The van der Waals surface area contributed by atoms with E-state index in [1.807, 2.05) is 6.07 Å². The lowest BCUT2D eigenvalue weighted by atomic mass is 10.1. The second-order valence-electron chi connectivity index (χ2n) is 2.90. The third kappa shape index (κ3) is 1.40. The zero-order chi connectivity index (χ0) is 9.42. The fourth-order valence-corrected chi connectivity index (χ4v) is 1.47. The van der Waals surface area contributed by atoms with Gasteiger partial charge in [-0.3, -0.25) is 4.79 Å². The van der Waals surface area contributed by atoms with Crippen LogP contribution >= 0.6 is 12.2 Å². The normalized spacial score (nSPS) is 10.5. The van der Waals surface area contributed by atoms with Gasteiger partial charge in [0.05, 0.1) is 11.0 Å². The van der Waals surface area contributed by atoms with Crippen molar-refractivity contribution in [2.45, 2.75) is 6.92 Å². The van der Waals surface area contributed by atoms with E-state index in [2.05, 4.69) is 9.97 Å². The highest BCUT2D eigenvalue weighted by Crippen LogP contribution is 2.12. The van der Waals surface area contributed by atoms with Crippen LogP contribution in [0.5, 0.6) is 0 Å². The summed E-state index contributed by atoms with van der Waals surface area (Å²) in [6.45, 7) is 1.54. The molecule has 1 aromatic carbocycles. The summed E-state index contributed by atoms with van der Waals surface area (Å²) in [6, 6.07) is 5.42. The maximum absolute atomic E-state index is 11.0. The number of fused-ring (bicyclic) bond motifs is 1. The van der Waals surface area contributed by atoms with Crippen LogP contribution in [0.1, 0.15) is 17.3 Å². The first-order chi connectivity index (χ1) is 6.16. The van der Waals surface area contributed by atoms with Crippen molar-refractivity contribution >= 4 is 29.0 Å². The number of nitrogens with one attached hydrogen (secondary N) is 2. The Balaban J connectivity index is 2.74. The van der Waals surface area contributed by atoms with Crippen LogP contribution in [0.2, 0.25) is 0 Å². The smallest absolute Gasteiger partial charge is 0.175 e. The van der Waals surface area contributed by atoms with Crippen molar-refractivity contribution < 1.29 is 4.79 Å². The molecule has 4 heteroatoms. The molecule has 0 spiro atoms. The average molecular weight is 192 g/mol. The van der Waals surface area contributed by atoms with E-state index in [-0.39, 0.29) is 5.78 Å². The van der Waals surface area contributed by atoms with Crippen molar-refractivity contribution in [1.82, 2.24) is 9.97 Å². The molecule has 0 amide bonds. The fraction of sp³-hybridized carbons (Fsp3) is 0.111. The van der Waals surface area contributed by atoms with E-state index in [1.165, 1.54) is 0 Å². The molecule has 2 rings (SSSR count). The summed E-state index contributed by atoms with van der Waals surface area (Å²) in [6.07, 6.45) is 0. The van der Waals surface area contributed by atoms with Gasteiger partial charge in [-0.1, -0.05) is 0 Å². The van der Waals surface area contributed by atoms with Gasteiger partial charge in [0.2, 0.25) is 0 Å². The number of benzene rings is 1. The maximum atomic E-state index is 11.0. The Morgan fingerprint density at radius 2 is 2.00 bits per heavy atom. The van der Waals surface area contributed by atoms with Gasteiger partial charge in [0, 0.05) is 5.56 Å². The molecule has 3 nitrogen and oxygen atoms in total. The van der Waals surface area contributed by atoms with E-state index in [1.54, 1.807) is 19.1 Å². The molecular formula is C9H8N2OS. The van der Waals surface area contributed by atoms with Crippen LogP contribution in [0.3, 0.4) is 0 Å². The summed E-state index contributed by atoms with van der Waals surface area (Å²) >= 11 is 4.93. The van der Waals surface area contributed by atoms with E-state index in [4.69, 9.17) is 12.2 Å². The minimum Gasteiger partial charge on any atom is -0.331 e. The first-order valence-electron chi connectivity index (χ1n) is 3.90. The summed E-state index contributed by atoms with van der Waals surface area (Å²) in [4.78, 5) is 17.0. The van der Waals surface area contributed by atoms with Crippen LogP contribution in [0.4, 0.5) is 0 Å². The Morgan fingerprint density at radius 3 is 2.69 bits per heavy atom. The van der Waals surface area contributed by atoms with Crippen molar-refractivity contribution in [3.05, 3.63) is 28.5 Å². The second-order valence-corrected chi connectivity index (χ2v) is 3.30. The molecule has 0 aliphatic carbocycles. The molecule has 0 fully saturated rings. The monoisotopic (exact) mass is 192 g/mol. The second kappa shape index (κ2) is 2.81. The van der Waals surface area contributed by atoms with Gasteiger partial charge in [0.1, 0.15) is 0 Å². The molecule has 66 valence electrons. The summed E-state index contributed by atoms with van der Waals surface area (Å²) < 4.78 is 0.579. The van der Waals surface area contributed by atoms with Crippen LogP contribution in [0.15, 0.2) is 18.2 Å². The minimum atomic E-state index is 0.0578. The first kappa shape index (κ1) is 8.19. The van der Waals surface area contributed by atoms with Crippen LogP contribution in [0, 0.1) is 4.77 Å². The van der Waals surface area contributed by atoms with E-state index in [0.717, 1.165) is 11.0 Å². The number of aromatic nitrogens is 2. The Kier molecular flexibility index (Phi) is 1.77. The SMILES string of the molecule is CC(=O)c1ccc2[nH]c(=S)[nH]c2c1. The highest BCUT2D eigenvalue weighted by atomic mass is 32.1. The third-order valence-corrected chi connectivity index (χ3v) is 2.13. The quantitative estimate of drug-likeness (QED) is 0.538. The topological polar surface area (TPSA) is 48.6 Å². The Labute approximate surface area is 79.8 Å². The van der Waals surface area contributed by atoms with E-state index >= 15 is 0 Å². The molecule has 0 saturated carbocycles. The highest BCUT2D eigenvalue weighted by molar-refractivity contribution is 7.71. The maximum Gasteiger partial charge on any atom is 0.175 e. The van der Waals surface area contributed by atoms with Gasteiger partial charge in [-0.25, -0.2) is 0 Å². The van der Waals surface area contributed by atoms with Gasteiger partial charge in [0.25, 0.3) is 0 Å². The van der Waals surface area contributed by atoms with Crippen molar-refractivity contribution in [3.8, 4) is 0 Å². The molecule has 1 aromatic heterocycles. The van der Waals surface area contributed by atoms with Crippen LogP contribution in [-0.4, -0.2) is 15.8 Å². The highest BCUT2D eigenvalue weighted by Gasteiger charge is 2.01. The summed E-state index contributed by atoms with van der Waals surface area (Å²) in [5, 5.41) is 0. The lowest BCUT2D eigenvalue weighted by Gasteiger charge is -1.93. The van der Waals surface area contributed by atoms with Gasteiger partial charge >= 0.3 is 0 Å². The predicted octanol–water partition coefficient (Wildman–Crippen LogP) is 2.43. The van der Waals surface area contributed by atoms with E-state index < -0.39 is 0 Å². The average Bonchev–Trinajstić information content (AvgIpc) is 2.42. The third-order valence-electron chi connectivity index (χ3n) is 1.92. The van der Waals surface area contributed by atoms with Crippen LogP contribution in [0.25, 0.3) is 11.0 Å². The number of H-pyrrole nitrogens is 2. The Morgan fingerprint density at radius 1 is 1.31 bits per heavy atom. The number of carbonyl (C=O) groups is 1.